The predicted molar refractivity (Wildman–Crippen MR) is 110 cm³/mol. The third-order valence-electron chi connectivity index (χ3n) is 5.64. The van der Waals surface area contributed by atoms with Gasteiger partial charge in [-0.05, 0) is 62.9 Å². The van der Waals surface area contributed by atoms with Crippen molar-refractivity contribution in [2.45, 2.75) is 52.5 Å². The molecule has 1 aromatic carbocycles. The van der Waals surface area contributed by atoms with Crippen LogP contribution in [0.5, 0.6) is 0 Å². The van der Waals surface area contributed by atoms with E-state index in [1.165, 1.54) is 12.8 Å². The minimum absolute atomic E-state index is 0.0825. The van der Waals surface area contributed by atoms with Crippen molar-refractivity contribution in [1.29, 1.82) is 0 Å². The second-order valence-corrected chi connectivity index (χ2v) is 7.87. The average molecular weight is 374 g/mol. The molecule has 1 heterocycles. The van der Waals surface area contributed by atoms with Crippen LogP contribution in [-0.4, -0.2) is 48.9 Å². The SMILES string of the molecule is CC[C@H](C)[C@H](NC(=O)c1ccccc1)C(=O)NCCCN1CCC(C)CC1. The topological polar surface area (TPSA) is 61.4 Å². The highest BCUT2D eigenvalue weighted by atomic mass is 16.2. The Labute approximate surface area is 163 Å². The molecular weight excluding hydrogens is 338 g/mol. The van der Waals surface area contributed by atoms with Crippen molar-refractivity contribution in [3.63, 3.8) is 0 Å². The van der Waals surface area contributed by atoms with Gasteiger partial charge in [-0.3, -0.25) is 9.59 Å². The van der Waals surface area contributed by atoms with E-state index in [4.69, 9.17) is 0 Å². The molecule has 1 aliphatic heterocycles. The van der Waals surface area contributed by atoms with Gasteiger partial charge in [-0.15, -0.1) is 0 Å². The second-order valence-electron chi connectivity index (χ2n) is 7.87. The van der Waals surface area contributed by atoms with E-state index in [1.54, 1.807) is 12.1 Å². The van der Waals surface area contributed by atoms with Gasteiger partial charge in [0, 0.05) is 12.1 Å². The van der Waals surface area contributed by atoms with E-state index in [9.17, 15) is 9.59 Å². The van der Waals surface area contributed by atoms with Gasteiger partial charge < -0.3 is 15.5 Å². The fraction of sp³-hybridized carbons (Fsp3) is 0.636. The first-order chi connectivity index (χ1) is 13.0. The van der Waals surface area contributed by atoms with E-state index in [-0.39, 0.29) is 17.7 Å². The molecule has 0 aliphatic carbocycles. The number of carbonyl (C=O) groups excluding carboxylic acids is 2. The maximum atomic E-state index is 12.7. The summed E-state index contributed by atoms with van der Waals surface area (Å²) in [5.41, 5.74) is 0.581. The Morgan fingerprint density at radius 1 is 1.19 bits per heavy atom. The van der Waals surface area contributed by atoms with Gasteiger partial charge in [-0.1, -0.05) is 45.4 Å². The van der Waals surface area contributed by atoms with Crippen LogP contribution < -0.4 is 10.6 Å². The Morgan fingerprint density at radius 3 is 2.48 bits per heavy atom. The average Bonchev–Trinajstić information content (AvgIpc) is 2.70. The van der Waals surface area contributed by atoms with Crippen LogP contribution in [0.25, 0.3) is 0 Å². The van der Waals surface area contributed by atoms with Crippen LogP contribution in [0.3, 0.4) is 0 Å². The first-order valence-electron chi connectivity index (χ1n) is 10.4. The van der Waals surface area contributed by atoms with Crippen molar-refractivity contribution in [3.8, 4) is 0 Å². The molecule has 27 heavy (non-hydrogen) atoms. The van der Waals surface area contributed by atoms with Crippen LogP contribution in [0.1, 0.15) is 56.8 Å². The standard InChI is InChI=1S/C22H35N3O2/c1-4-18(3)20(24-21(26)19-9-6-5-7-10-19)22(27)23-13-8-14-25-15-11-17(2)12-16-25/h5-7,9-10,17-18,20H,4,8,11-16H2,1-3H3,(H,23,27)(H,24,26)/t18-,20-/m0/s1. The molecule has 5 nitrogen and oxygen atoms in total. The number of amides is 2. The summed E-state index contributed by atoms with van der Waals surface area (Å²) in [6.07, 6.45) is 4.32. The van der Waals surface area contributed by atoms with Crippen LogP contribution in [-0.2, 0) is 4.79 Å². The summed E-state index contributed by atoms with van der Waals surface area (Å²) in [5.74, 6) is 0.645. The maximum Gasteiger partial charge on any atom is 0.251 e. The van der Waals surface area contributed by atoms with Crippen LogP contribution in [0.4, 0.5) is 0 Å². The Hall–Kier alpha value is -1.88. The molecule has 2 N–H and O–H groups in total. The fourth-order valence-electron chi connectivity index (χ4n) is 3.43. The lowest BCUT2D eigenvalue weighted by molar-refractivity contribution is -0.124. The number of rotatable bonds is 9. The van der Waals surface area contributed by atoms with Crippen molar-refractivity contribution in [3.05, 3.63) is 35.9 Å². The van der Waals surface area contributed by atoms with Gasteiger partial charge in [0.1, 0.15) is 6.04 Å². The number of nitrogens with zero attached hydrogens (tertiary/aromatic N) is 1. The number of piperidine rings is 1. The van der Waals surface area contributed by atoms with E-state index >= 15 is 0 Å². The highest BCUT2D eigenvalue weighted by Gasteiger charge is 2.26. The van der Waals surface area contributed by atoms with Crippen molar-refractivity contribution in [1.82, 2.24) is 15.5 Å². The number of nitrogens with one attached hydrogen (secondary N) is 2. The van der Waals surface area contributed by atoms with E-state index in [1.807, 2.05) is 32.0 Å². The zero-order chi connectivity index (χ0) is 19.6. The van der Waals surface area contributed by atoms with Gasteiger partial charge in [-0.2, -0.15) is 0 Å². The molecule has 2 atom stereocenters. The minimum atomic E-state index is -0.501. The molecule has 150 valence electrons. The number of benzene rings is 1. The van der Waals surface area contributed by atoms with E-state index in [0.29, 0.717) is 12.1 Å². The maximum absolute atomic E-state index is 12.7. The van der Waals surface area contributed by atoms with Crippen LogP contribution in [0.2, 0.25) is 0 Å². The molecule has 0 saturated carbocycles. The smallest absolute Gasteiger partial charge is 0.251 e. The summed E-state index contributed by atoms with van der Waals surface area (Å²) in [4.78, 5) is 27.6. The molecule has 0 unspecified atom stereocenters. The Balaban J connectivity index is 1.79. The third kappa shape index (κ3) is 6.98. The first kappa shape index (κ1) is 21.4. The molecule has 1 aliphatic rings. The molecule has 0 spiro atoms. The van der Waals surface area contributed by atoms with Crippen LogP contribution in [0, 0.1) is 11.8 Å². The molecule has 2 rings (SSSR count). The quantitative estimate of drug-likeness (QED) is 0.654. The number of carbonyl (C=O) groups is 2. The second kappa shape index (κ2) is 11.1. The summed E-state index contributed by atoms with van der Waals surface area (Å²) in [6.45, 7) is 10.4. The molecule has 1 aromatic rings. The number of likely N-dealkylation sites (tertiary alicyclic amines) is 1. The molecule has 1 saturated heterocycles. The highest BCUT2D eigenvalue weighted by Crippen LogP contribution is 2.15. The van der Waals surface area contributed by atoms with Gasteiger partial charge in [-0.25, -0.2) is 0 Å². The molecule has 2 amide bonds. The number of hydrogen-bond donors (Lipinski definition) is 2. The molecule has 5 heteroatoms. The van der Waals surface area contributed by atoms with Crippen LogP contribution >= 0.6 is 0 Å². The molecule has 1 fully saturated rings. The summed E-state index contributed by atoms with van der Waals surface area (Å²) in [6, 6.07) is 8.56. The van der Waals surface area contributed by atoms with E-state index < -0.39 is 6.04 Å². The first-order valence-corrected chi connectivity index (χ1v) is 10.4. The summed E-state index contributed by atoms with van der Waals surface area (Å²) in [5, 5.41) is 5.94. The Kier molecular flexibility index (Phi) is 8.79. The van der Waals surface area contributed by atoms with Crippen molar-refractivity contribution in [2.75, 3.05) is 26.2 Å². The lowest BCUT2D eigenvalue weighted by Crippen LogP contribution is -2.50. The monoisotopic (exact) mass is 373 g/mol. The zero-order valence-electron chi connectivity index (χ0n) is 17.0. The predicted octanol–water partition coefficient (Wildman–Crippen LogP) is 3.07. The molecule has 0 radical (unpaired) electrons. The van der Waals surface area contributed by atoms with Gasteiger partial charge in [0.15, 0.2) is 0 Å². The van der Waals surface area contributed by atoms with E-state index in [0.717, 1.165) is 38.4 Å². The van der Waals surface area contributed by atoms with Gasteiger partial charge >= 0.3 is 0 Å². The summed E-state index contributed by atoms with van der Waals surface area (Å²) >= 11 is 0. The van der Waals surface area contributed by atoms with Crippen LogP contribution in [0.15, 0.2) is 30.3 Å². The number of hydrogen-bond acceptors (Lipinski definition) is 3. The lowest BCUT2D eigenvalue weighted by atomic mass is 9.97. The van der Waals surface area contributed by atoms with Gasteiger partial charge in [0.25, 0.3) is 5.91 Å². The third-order valence-corrected chi connectivity index (χ3v) is 5.64. The summed E-state index contributed by atoms with van der Waals surface area (Å²) in [7, 11) is 0. The minimum Gasteiger partial charge on any atom is -0.354 e. The molecular formula is C22H35N3O2. The largest absolute Gasteiger partial charge is 0.354 e. The van der Waals surface area contributed by atoms with Crippen molar-refractivity contribution >= 4 is 11.8 Å². The fourth-order valence-corrected chi connectivity index (χ4v) is 3.43. The Morgan fingerprint density at radius 2 is 1.85 bits per heavy atom. The normalized spacial score (nSPS) is 17.9. The van der Waals surface area contributed by atoms with E-state index in [2.05, 4.69) is 22.5 Å². The lowest BCUT2D eigenvalue weighted by Gasteiger charge is -2.30. The summed E-state index contributed by atoms with van der Waals surface area (Å²) < 4.78 is 0. The highest BCUT2D eigenvalue weighted by molar-refractivity contribution is 5.97. The van der Waals surface area contributed by atoms with Gasteiger partial charge in [0.2, 0.25) is 5.91 Å². The molecule has 0 aromatic heterocycles. The van der Waals surface area contributed by atoms with Crippen molar-refractivity contribution < 1.29 is 9.59 Å². The van der Waals surface area contributed by atoms with Crippen molar-refractivity contribution in [2.24, 2.45) is 11.8 Å². The zero-order valence-corrected chi connectivity index (χ0v) is 17.0. The Bertz CT molecular complexity index is 582. The van der Waals surface area contributed by atoms with Gasteiger partial charge in [0.05, 0.1) is 0 Å². The molecule has 0 bridgehead atoms.